The maximum atomic E-state index is 5.88. The number of hydrogen-bond donors (Lipinski definition) is 0. The first kappa shape index (κ1) is 16.4. The van der Waals surface area contributed by atoms with Gasteiger partial charge in [-0.3, -0.25) is 0 Å². The van der Waals surface area contributed by atoms with Crippen molar-refractivity contribution in [2.45, 2.75) is 52.4 Å². The fourth-order valence-corrected chi connectivity index (χ4v) is 3.18. The van der Waals surface area contributed by atoms with E-state index in [1.807, 2.05) is 6.07 Å². The molecular formula is C19H31NO. The van der Waals surface area contributed by atoms with Gasteiger partial charge in [-0.1, -0.05) is 44.4 Å². The summed E-state index contributed by atoms with van der Waals surface area (Å²) in [5.41, 5.74) is 1.23. The Morgan fingerprint density at radius 2 is 1.90 bits per heavy atom. The van der Waals surface area contributed by atoms with Crippen LogP contribution < -0.4 is 4.74 Å². The smallest absolute Gasteiger partial charge is 0.122 e. The minimum atomic E-state index is 0.834. The van der Waals surface area contributed by atoms with Crippen LogP contribution in [-0.4, -0.2) is 31.1 Å². The van der Waals surface area contributed by atoms with Crippen LogP contribution in [0.3, 0.4) is 0 Å². The molecule has 118 valence electrons. The molecular weight excluding hydrogens is 258 g/mol. The lowest BCUT2D eigenvalue weighted by Gasteiger charge is -2.31. The van der Waals surface area contributed by atoms with Crippen LogP contribution in [0.15, 0.2) is 24.3 Å². The van der Waals surface area contributed by atoms with Gasteiger partial charge >= 0.3 is 0 Å². The van der Waals surface area contributed by atoms with Gasteiger partial charge in [0.1, 0.15) is 5.75 Å². The van der Waals surface area contributed by atoms with Gasteiger partial charge in [0, 0.05) is 6.54 Å². The van der Waals surface area contributed by atoms with E-state index in [9.17, 15) is 0 Å². The molecule has 1 aromatic carbocycles. The minimum Gasteiger partial charge on any atom is -0.493 e. The van der Waals surface area contributed by atoms with Crippen molar-refractivity contribution in [1.82, 2.24) is 4.90 Å². The topological polar surface area (TPSA) is 12.5 Å². The van der Waals surface area contributed by atoms with Crippen molar-refractivity contribution >= 4 is 0 Å². The zero-order valence-corrected chi connectivity index (χ0v) is 13.8. The van der Waals surface area contributed by atoms with Gasteiger partial charge in [0.15, 0.2) is 0 Å². The average Bonchev–Trinajstić information content (AvgIpc) is 2.52. The summed E-state index contributed by atoms with van der Waals surface area (Å²) in [7, 11) is 0. The van der Waals surface area contributed by atoms with E-state index in [-0.39, 0.29) is 0 Å². The predicted octanol–water partition coefficient (Wildman–Crippen LogP) is 4.67. The Kier molecular flexibility index (Phi) is 7.08. The number of hydrogen-bond acceptors (Lipinski definition) is 2. The third kappa shape index (κ3) is 5.70. The summed E-state index contributed by atoms with van der Waals surface area (Å²) in [5.74, 6) is 2.03. The molecule has 0 bridgehead atoms. The molecule has 2 nitrogen and oxygen atoms in total. The first-order valence-electron chi connectivity index (χ1n) is 8.70. The van der Waals surface area contributed by atoms with Crippen LogP contribution >= 0.6 is 0 Å². The molecule has 2 rings (SSSR count). The van der Waals surface area contributed by atoms with E-state index in [0.29, 0.717) is 0 Å². The lowest BCUT2D eigenvalue weighted by Crippen LogP contribution is -2.34. The van der Waals surface area contributed by atoms with E-state index in [4.69, 9.17) is 4.74 Å². The fourth-order valence-electron chi connectivity index (χ4n) is 3.18. The molecule has 0 unspecified atom stereocenters. The summed E-state index contributed by atoms with van der Waals surface area (Å²) in [6.07, 6.45) is 8.14. The Morgan fingerprint density at radius 1 is 1.14 bits per heavy atom. The standard InChI is InChI=1S/C19H31NO/c1-3-4-9-18-11-14-20(15-12-18)13-7-16-21-19-10-6-5-8-17(19)2/h5-6,8,10,18H,3-4,7,9,11-16H2,1-2H3. The Labute approximate surface area is 130 Å². The lowest BCUT2D eigenvalue weighted by molar-refractivity contribution is 0.165. The van der Waals surface area contributed by atoms with Crippen LogP contribution in [0.4, 0.5) is 0 Å². The summed E-state index contributed by atoms with van der Waals surface area (Å²) in [6, 6.07) is 8.28. The number of para-hydroxylation sites is 1. The van der Waals surface area contributed by atoms with Crippen molar-refractivity contribution < 1.29 is 4.74 Å². The highest BCUT2D eigenvalue weighted by molar-refractivity contribution is 5.31. The van der Waals surface area contributed by atoms with Gasteiger partial charge < -0.3 is 9.64 Å². The zero-order valence-electron chi connectivity index (χ0n) is 13.8. The number of nitrogens with zero attached hydrogens (tertiary/aromatic N) is 1. The van der Waals surface area contributed by atoms with Crippen molar-refractivity contribution in [2.75, 3.05) is 26.2 Å². The molecule has 1 aliphatic rings. The van der Waals surface area contributed by atoms with E-state index in [1.165, 1.54) is 57.3 Å². The summed E-state index contributed by atoms with van der Waals surface area (Å²) < 4.78 is 5.88. The molecule has 0 saturated carbocycles. The molecule has 21 heavy (non-hydrogen) atoms. The van der Waals surface area contributed by atoms with Crippen molar-refractivity contribution in [3.63, 3.8) is 0 Å². The first-order chi connectivity index (χ1) is 10.3. The molecule has 1 fully saturated rings. The molecule has 0 amide bonds. The molecule has 1 aliphatic heterocycles. The molecule has 2 heteroatoms. The van der Waals surface area contributed by atoms with Crippen molar-refractivity contribution in [2.24, 2.45) is 5.92 Å². The average molecular weight is 289 g/mol. The zero-order chi connectivity index (χ0) is 14.9. The highest BCUT2D eigenvalue weighted by Gasteiger charge is 2.18. The van der Waals surface area contributed by atoms with E-state index < -0.39 is 0 Å². The maximum absolute atomic E-state index is 5.88. The number of benzene rings is 1. The Bertz CT molecular complexity index is 396. The van der Waals surface area contributed by atoms with Crippen LogP contribution in [0.25, 0.3) is 0 Å². The van der Waals surface area contributed by atoms with E-state index >= 15 is 0 Å². The highest BCUT2D eigenvalue weighted by atomic mass is 16.5. The SMILES string of the molecule is CCCCC1CCN(CCCOc2ccccc2C)CC1. The molecule has 1 saturated heterocycles. The molecule has 0 atom stereocenters. The van der Waals surface area contributed by atoms with E-state index in [0.717, 1.165) is 24.7 Å². The quantitative estimate of drug-likeness (QED) is 0.645. The molecule has 1 heterocycles. The molecule has 1 aromatic rings. The first-order valence-corrected chi connectivity index (χ1v) is 8.70. The lowest BCUT2D eigenvalue weighted by atomic mass is 9.91. The fraction of sp³-hybridized carbons (Fsp3) is 0.684. The van der Waals surface area contributed by atoms with Crippen molar-refractivity contribution in [1.29, 1.82) is 0 Å². The largest absolute Gasteiger partial charge is 0.493 e. The van der Waals surface area contributed by atoms with Crippen LogP contribution in [0.1, 0.15) is 51.0 Å². The minimum absolute atomic E-state index is 0.834. The van der Waals surface area contributed by atoms with E-state index in [2.05, 4.69) is 36.9 Å². The summed E-state index contributed by atoms with van der Waals surface area (Å²) in [5, 5.41) is 0. The Hall–Kier alpha value is -1.02. The highest BCUT2D eigenvalue weighted by Crippen LogP contribution is 2.22. The molecule has 0 spiro atoms. The normalized spacial score (nSPS) is 17.0. The second-order valence-corrected chi connectivity index (χ2v) is 6.39. The number of rotatable bonds is 8. The number of ether oxygens (including phenoxy) is 1. The van der Waals surface area contributed by atoms with Crippen molar-refractivity contribution in [3.8, 4) is 5.75 Å². The summed E-state index contributed by atoms with van der Waals surface area (Å²) in [6.45, 7) is 9.00. The monoisotopic (exact) mass is 289 g/mol. The molecule has 0 radical (unpaired) electrons. The molecule has 0 aliphatic carbocycles. The van der Waals surface area contributed by atoms with E-state index in [1.54, 1.807) is 0 Å². The van der Waals surface area contributed by atoms with Crippen LogP contribution in [0, 0.1) is 12.8 Å². The van der Waals surface area contributed by atoms with Gasteiger partial charge in [-0.15, -0.1) is 0 Å². The van der Waals surface area contributed by atoms with Crippen molar-refractivity contribution in [3.05, 3.63) is 29.8 Å². The van der Waals surface area contributed by atoms with Gasteiger partial charge in [-0.05, 0) is 56.8 Å². The van der Waals surface area contributed by atoms with Gasteiger partial charge in [0.05, 0.1) is 6.61 Å². The second kappa shape index (κ2) is 9.09. The number of aryl methyl sites for hydroxylation is 1. The number of unbranched alkanes of at least 4 members (excludes halogenated alkanes) is 1. The molecule has 0 N–H and O–H groups in total. The predicted molar refractivity (Wildman–Crippen MR) is 90.0 cm³/mol. The van der Waals surface area contributed by atoms with Gasteiger partial charge in [-0.25, -0.2) is 0 Å². The molecule has 0 aromatic heterocycles. The van der Waals surface area contributed by atoms with Crippen LogP contribution in [0.2, 0.25) is 0 Å². The van der Waals surface area contributed by atoms with Gasteiger partial charge in [-0.2, -0.15) is 0 Å². The maximum Gasteiger partial charge on any atom is 0.122 e. The number of likely N-dealkylation sites (tertiary alicyclic amines) is 1. The second-order valence-electron chi connectivity index (χ2n) is 6.39. The third-order valence-corrected chi connectivity index (χ3v) is 4.64. The third-order valence-electron chi connectivity index (χ3n) is 4.64. The number of piperidine rings is 1. The Morgan fingerprint density at radius 3 is 2.62 bits per heavy atom. The summed E-state index contributed by atoms with van der Waals surface area (Å²) >= 11 is 0. The Balaban J connectivity index is 1.57. The van der Waals surface area contributed by atoms with Crippen LogP contribution in [-0.2, 0) is 0 Å². The van der Waals surface area contributed by atoms with Gasteiger partial charge in [0.25, 0.3) is 0 Å². The summed E-state index contributed by atoms with van der Waals surface area (Å²) in [4.78, 5) is 2.61. The van der Waals surface area contributed by atoms with Crippen LogP contribution in [0.5, 0.6) is 5.75 Å². The van der Waals surface area contributed by atoms with Gasteiger partial charge in [0.2, 0.25) is 0 Å².